The minimum atomic E-state index is 0. The van der Waals surface area contributed by atoms with E-state index in [1.807, 2.05) is 0 Å². The average molecular weight is 253 g/mol. The van der Waals surface area contributed by atoms with E-state index in [1.54, 1.807) is 0 Å². The van der Waals surface area contributed by atoms with E-state index in [-0.39, 0.29) is 18.4 Å². The average Bonchev–Trinajstić information content (AvgIpc) is 2.23. The third-order valence-corrected chi connectivity index (χ3v) is 2.75. The van der Waals surface area contributed by atoms with E-state index in [4.69, 9.17) is 0 Å². The highest BCUT2D eigenvalue weighted by atomic mass is 35.5. The van der Waals surface area contributed by atoms with Gasteiger partial charge in [0.25, 0.3) is 0 Å². The molecule has 1 atom stereocenters. The molecule has 16 heavy (non-hydrogen) atoms. The Morgan fingerprint density at radius 2 is 1.62 bits per heavy atom. The lowest BCUT2D eigenvalue weighted by atomic mass is 10.2. The highest BCUT2D eigenvalue weighted by molar-refractivity contribution is 5.85. The summed E-state index contributed by atoms with van der Waals surface area (Å²) in [5, 5.41) is 21.2. The van der Waals surface area contributed by atoms with Gasteiger partial charge in [0.05, 0.1) is 0 Å². The molecule has 1 unspecified atom stereocenters. The smallest absolute Gasteiger partial charge is 0.0472 e. The molecular formula is C10H25ClN4O. The van der Waals surface area contributed by atoms with Gasteiger partial charge in [-0.3, -0.25) is 0 Å². The van der Waals surface area contributed by atoms with Crippen LogP contribution in [0.15, 0.2) is 0 Å². The summed E-state index contributed by atoms with van der Waals surface area (Å²) < 4.78 is 0. The lowest BCUT2D eigenvalue weighted by Crippen LogP contribution is -2.46. The molecule has 0 spiro atoms. The first kappa shape index (κ1) is 16.1. The molecule has 0 aromatic heterocycles. The maximum atomic E-state index is 9.79. The molecule has 1 fully saturated rings. The number of hydrogen-bond donors (Lipinski definition) is 4. The fraction of sp³-hybridized carbons (Fsp3) is 1.00. The number of hydrogen-bond acceptors (Lipinski definition) is 5. The summed E-state index contributed by atoms with van der Waals surface area (Å²) in [6.45, 7) is 8.40. The first-order chi connectivity index (χ1) is 7.34. The van der Waals surface area contributed by atoms with Crippen molar-refractivity contribution >= 4 is 12.4 Å². The molecule has 0 saturated carbocycles. The molecular weight excluding hydrogens is 228 g/mol. The first-order valence-electron chi connectivity index (χ1n) is 5.92. The maximum Gasteiger partial charge on any atom is 0.0472 e. The zero-order chi connectivity index (χ0) is 10.9. The van der Waals surface area contributed by atoms with E-state index >= 15 is 0 Å². The molecule has 5 nitrogen and oxygen atoms in total. The molecule has 1 heterocycles. The third-order valence-electron chi connectivity index (χ3n) is 2.75. The van der Waals surface area contributed by atoms with Crippen molar-refractivity contribution in [2.75, 3.05) is 45.8 Å². The Labute approximate surface area is 104 Å². The second kappa shape index (κ2) is 10.3. The van der Waals surface area contributed by atoms with Gasteiger partial charge in [-0.05, 0) is 6.42 Å². The largest absolute Gasteiger partial charge is 0.314 e. The van der Waals surface area contributed by atoms with E-state index in [0.29, 0.717) is 6.54 Å². The summed E-state index contributed by atoms with van der Waals surface area (Å²) in [7, 11) is 0. The molecule has 0 bridgehead atoms. The Morgan fingerprint density at radius 1 is 1.06 bits per heavy atom. The molecule has 1 aliphatic rings. The predicted molar refractivity (Wildman–Crippen MR) is 68.4 cm³/mol. The van der Waals surface area contributed by atoms with Gasteiger partial charge in [-0.25, -0.2) is 0 Å². The monoisotopic (exact) mass is 252 g/mol. The summed E-state index contributed by atoms with van der Waals surface area (Å²) >= 11 is 0. The van der Waals surface area contributed by atoms with Gasteiger partial charge >= 0.3 is 0 Å². The number of nitrogens with one attached hydrogen (secondary N) is 3. The van der Waals surface area contributed by atoms with Crippen molar-refractivity contribution in [3.63, 3.8) is 0 Å². The Bertz CT molecular complexity index is 162. The molecule has 98 valence electrons. The van der Waals surface area contributed by atoms with Crippen LogP contribution >= 0.6 is 12.4 Å². The quantitative estimate of drug-likeness (QED) is 0.515. The van der Waals surface area contributed by atoms with Crippen LogP contribution in [0.2, 0.25) is 0 Å². The molecule has 0 aliphatic carbocycles. The molecule has 1 rings (SSSR count). The van der Waals surface area contributed by atoms with Crippen molar-refractivity contribution in [3.8, 4) is 0 Å². The van der Waals surface area contributed by atoms with Gasteiger partial charge in [-0.2, -0.15) is 5.06 Å². The molecule has 1 aliphatic heterocycles. The maximum absolute atomic E-state index is 9.79. The lowest BCUT2D eigenvalue weighted by molar-refractivity contribution is -0.125. The van der Waals surface area contributed by atoms with Crippen molar-refractivity contribution < 1.29 is 5.21 Å². The fourth-order valence-corrected chi connectivity index (χ4v) is 1.71. The minimum Gasteiger partial charge on any atom is -0.314 e. The second-order valence-electron chi connectivity index (χ2n) is 3.93. The van der Waals surface area contributed by atoms with Crippen LogP contribution in [0.1, 0.15) is 13.3 Å². The number of rotatable bonds is 1. The topological polar surface area (TPSA) is 59.6 Å². The SMILES string of the molecule is CCC1CNCCNCCNCCN1O.Cl. The number of halogens is 1. The van der Waals surface area contributed by atoms with Crippen molar-refractivity contribution in [2.45, 2.75) is 19.4 Å². The van der Waals surface area contributed by atoms with E-state index in [0.717, 1.165) is 45.7 Å². The zero-order valence-corrected chi connectivity index (χ0v) is 10.9. The molecule has 0 aromatic rings. The van der Waals surface area contributed by atoms with Crippen LogP contribution in [-0.2, 0) is 0 Å². The second-order valence-corrected chi connectivity index (χ2v) is 3.93. The van der Waals surface area contributed by atoms with Crippen LogP contribution in [0.5, 0.6) is 0 Å². The van der Waals surface area contributed by atoms with Crippen molar-refractivity contribution in [3.05, 3.63) is 0 Å². The van der Waals surface area contributed by atoms with E-state index < -0.39 is 0 Å². The molecule has 1 saturated heterocycles. The van der Waals surface area contributed by atoms with Crippen LogP contribution in [-0.4, -0.2) is 62.1 Å². The highest BCUT2D eigenvalue weighted by Crippen LogP contribution is 1.99. The van der Waals surface area contributed by atoms with Gasteiger partial charge in [0.1, 0.15) is 0 Å². The number of nitrogens with zero attached hydrogens (tertiary/aromatic N) is 1. The Hall–Kier alpha value is 0.0900. The van der Waals surface area contributed by atoms with Gasteiger partial charge in [0.2, 0.25) is 0 Å². The Kier molecular flexibility index (Phi) is 10.3. The van der Waals surface area contributed by atoms with Gasteiger partial charge in [0.15, 0.2) is 0 Å². The third kappa shape index (κ3) is 6.62. The summed E-state index contributed by atoms with van der Waals surface area (Å²) in [5.41, 5.74) is 0. The Balaban J connectivity index is 0.00000225. The summed E-state index contributed by atoms with van der Waals surface area (Å²) in [6, 6.07) is 0.228. The molecule has 4 N–H and O–H groups in total. The van der Waals surface area contributed by atoms with Crippen molar-refractivity contribution in [2.24, 2.45) is 0 Å². The fourth-order valence-electron chi connectivity index (χ4n) is 1.71. The molecule has 0 aromatic carbocycles. The summed E-state index contributed by atoms with van der Waals surface area (Å²) in [4.78, 5) is 0. The zero-order valence-electron chi connectivity index (χ0n) is 10.0. The van der Waals surface area contributed by atoms with E-state index in [9.17, 15) is 5.21 Å². The van der Waals surface area contributed by atoms with Crippen molar-refractivity contribution in [1.82, 2.24) is 21.0 Å². The van der Waals surface area contributed by atoms with Crippen molar-refractivity contribution in [1.29, 1.82) is 0 Å². The standard InChI is InChI=1S/C10H24N4O.ClH/c1-2-10-9-13-6-5-11-3-4-12-7-8-14(10)15;/h10-13,15H,2-9H2,1H3;1H. The van der Waals surface area contributed by atoms with Gasteiger partial charge < -0.3 is 21.2 Å². The van der Waals surface area contributed by atoms with Crippen LogP contribution in [0.4, 0.5) is 0 Å². The van der Waals surface area contributed by atoms with E-state index in [2.05, 4.69) is 22.9 Å². The van der Waals surface area contributed by atoms with Gasteiger partial charge in [-0.1, -0.05) is 6.92 Å². The predicted octanol–water partition coefficient (Wildman–Crippen LogP) is -0.340. The van der Waals surface area contributed by atoms with E-state index in [1.165, 1.54) is 5.06 Å². The summed E-state index contributed by atoms with van der Waals surface area (Å²) in [5.74, 6) is 0. The van der Waals surface area contributed by atoms with Gasteiger partial charge in [-0.15, -0.1) is 12.4 Å². The molecule has 0 amide bonds. The van der Waals surface area contributed by atoms with Gasteiger partial charge in [0, 0.05) is 51.9 Å². The van der Waals surface area contributed by atoms with Crippen LogP contribution in [0, 0.1) is 0 Å². The van der Waals surface area contributed by atoms with Crippen LogP contribution < -0.4 is 16.0 Å². The number of hydroxylamine groups is 2. The highest BCUT2D eigenvalue weighted by Gasteiger charge is 2.13. The van der Waals surface area contributed by atoms with Crippen LogP contribution in [0.3, 0.4) is 0 Å². The Morgan fingerprint density at radius 3 is 2.25 bits per heavy atom. The lowest BCUT2D eigenvalue weighted by Gasteiger charge is -2.26. The van der Waals surface area contributed by atoms with Crippen LogP contribution in [0.25, 0.3) is 0 Å². The minimum absolute atomic E-state index is 0. The molecule has 6 heteroatoms. The first-order valence-corrected chi connectivity index (χ1v) is 5.92. The normalized spacial score (nSPS) is 26.2. The molecule has 0 radical (unpaired) electrons. The summed E-state index contributed by atoms with van der Waals surface area (Å²) in [6.07, 6.45) is 0.969.